The lowest BCUT2D eigenvalue weighted by Gasteiger charge is -2.22. The van der Waals surface area contributed by atoms with Crippen LogP contribution in [-0.2, 0) is 11.8 Å². The molecule has 0 spiro atoms. The quantitative estimate of drug-likeness (QED) is 0.255. The molecule has 0 unspecified atom stereocenters. The maximum Gasteiger partial charge on any atom is 0.319 e. The first kappa shape index (κ1) is 18.6. The molecule has 0 fully saturated rings. The van der Waals surface area contributed by atoms with Crippen molar-refractivity contribution in [2.75, 3.05) is 0 Å². The third-order valence-electron chi connectivity index (χ3n) is 5.82. The second-order valence-corrected chi connectivity index (χ2v) is 11.2. The fourth-order valence-electron chi connectivity index (χ4n) is 4.28. The number of hydrogen-bond acceptors (Lipinski definition) is 3. The molecule has 1 heterocycles. The van der Waals surface area contributed by atoms with Gasteiger partial charge in [0.2, 0.25) is 0 Å². The van der Waals surface area contributed by atoms with E-state index in [-0.39, 0.29) is 0 Å². The third-order valence-corrected chi connectivity index (χ3v) is 8.70. The van der Waals surface area contributed by atoms with E-state index in [0.717, 1.165) is 49.5 Å². The first-order valence-corrected chi connectivity index (χ1v) is 12.9. The summed E-state index contributed by atoms with van der Waals surface area (Å²) in [6.07, 6.45) is 0. The largest absolute Gasteiger partial charge is 0.432 e. The van der Waals surface area contributed by atoms with E-state index in [1.54, 1.807) is 0 Å². The number of benzene rings is 5. The SMILES string of the molecule is Cc1ccc(P2(=S)Oc3ccc4ccccc4c3-c3c(ccc4ccccc34)O2)cc1. The molecule has 5 aromatic carbocycles. The summed E-state index contributed by atoms with van der Waals surface area (Å²) in [5.41, 5.74) is 3.27. The first-order chi connectivity index (χ1) is 15.1. The Balaban J connectivity index is 1.73. The van der Waals surface area contributed by atoms with Crippen molar-refractivity contribution in [2.24, 2.45) is 0 Å². The molecule has 4 heteroatoms. The summed E-state index contributed by atoms with van der Waals surface area (Å²) >= 11 is 6.11. The summed E-state index contributed by atoms with van der Waals surface area (Å²) in [5.74, 6) is 1.55. The van der Waals surface area contributed by atoms with Gasteiger partial charge in [0.1, 0.15) is 11.5 Å². The molecule has 0 radical (unpaired) electrons. The molecule has 31 heavy (non-hydrogen) atoms. The lowest BCUT2D eigenvalue weighted by Crippen LogP contribution is -2.13. The van der Waals surface area contributed by atoms with E-state index >= 15 is 0 Å². The van der Waals surface area contributed by atoms with E-state index in [2.05, 4.69) is 79.7 Å². The van der Waals surface area contributed by atoms with Crippen LogP contribution in [0.5, 0.6) is 11.5 Å². The van der Waals surface area contributed by atoms with Crippen LogP contribution in [0.1, 0.15) is 5.56 Å². The Morgan fingerprint density at radius 2 is 1.06 bits per heavy atom. The number of aryl methyl sites for hydroxylation is 1. The smallest absolute Gasteiger partial charge is 0.319 e. The Bertz CT molecular complexity index is 1430. The molecule has 0 aliphatic carbocycles. The van der Waals surface area contributed by atoms with Crippen LogP contribution in [0.2, 0.25) is 0 Å². The first-order valence-electron chi connectivity index (χ1n) is 10.2. The van der Waals surface area contributed by atoms with Crippen molar-refractivity contribution in [3.8, 4) is 22.6 Å². The molecule has 150 valence electrons. The van der Waals surface area contributed by atoms with Crippen molar-refractivity contribution < 1.29 is 9.05 Å². The second kappa shape index (κ2) is 6.95. The molecular weight excluding hydrogens is 419 g/mol. The van der Waals surface area contributed by atoms with Crippen molar-refractivity contribution >= 4 is 45.1 Å². The average Bonchev–Trinajstić information content (AvgIpc) is 2.93. The molecular formula is C27H19O2PS. The summed E-state index contributed by atoms with van der Waals surface area (Å²) in [6, 6.07) is 33.2. The predicted molar refractivity (Wildman–Crippen MR) is 133 cm³/mol. The predicted octanol–water partition coefficient (Wildman–Crippen LogP) is 7.37. The van der Waals surface area contributed by atoms with Crippen LogP contribution in [0.15, 0.2) is 97.1 Å². The highest BCUT2D eigenvalue weighted by molar-refractivity contribution is 8.13. The molecule has 2 nitrogen and oxygen atoms in total. The number of fused-ring (bicyclic) bond motifs is 7. The minimum absolute atomic E-state index is 0.776. The molecule has 0 N–H and O–H groups in total. The van der Waals surface area contributed by atoms with Crippen LogP contribution < -0.4 is 14.4 Å². The Hall–Kier alpha value is -3.13. The summed E-state index contributed by atoms with van der Waals surface area (Å²) in [7, 11) is 0. The Morgan fingerprint density at radius 3 is 1.58 bits per heavy atom. The van der Waals surface area contributed by atoms with Gasteiger partial charge in [-0.2, -0.15) is 0 Å². The molecule has 5 aromatic rings. The Labute approximate surface area is 186 Å². The summed E-state index contributed by atoms with van der Waals surface area (Å²) < 4.78 is 13.2. The molecule has 0 atom stereocenters. The monoisotopic (exact) mass is 438 g/mol. The lowest BCUT2D eigenvalue weighted by molar-refractivity contribution is 0.509. The molecule has 6 rings (SSSR count). The van der Waals surface area contributed by atoms with Gasteiger partial charge in [0.25, 0.3) is 0 Å². The zero-order chi connectivity index (χ0) is 21.0. The van der Waals surface area contributed by atoms with E-state index in [9.17, 15) is 0 Å². The van der Waals surface area contributed by atoms with E-state index in [4.69, 9.17) is 20.9 Å². The molecule has 0 saturated carbocycles. The van der Waals surface area contributed by atoms with Crippen LogP contribution in [0.4, 0.5) is 0 Å². The average molecular weight is 438 g/mol. The molecule has 1 aliphatic heterocycles. The Kier molecular flexibility index (Phi) is 4.17. The normalized spacial score (nSPS) is 14.2. The zero-order valence-corrected chi connectivity index (χ0v) is 18.6. The van der Waals surface area contributed by atoms with Crippen molar-refractivity contribution in [3.05, 3.63) is 103 Å². The van der Waals surface area contributed by atoms with Crippen molar-refractivity contribution in [2.45, 2.75) is 6.92 Å². The van der Waals surface area contributed by atoms with Crippen LogP contribution in [0.25, 0.3) is 32.7 Å². The summed E-state index contributed by atoms with van der Waals surface area (Å²) in [5, 5.41) is 5.50. The molecule has 1 aliphatic rings. The van der Waals surface area contributed by atoms with Gasteiger partial charge in [0.05, 0.1) is 5.30 Å². The Morgan fingerprint density at radius 1 is 0.581 bits per heavy atom. The van der Waals surface area contributed by atoms with E-state index in [1.807, 2.05) is 24.3 Å². The minimum Gasteiger partial charge on any atom is -0.432 e. The van der Waals surface area contributed by atoms with Gasteiger partial charge in [-0.25, -0.2) is 0 Å². The van der Waals surface area contributed by atoms with E-state index < -0.39 is 6.49 Å². The lowest BCUT2D eigenvalue weighted by atomic mass is 9.92. The maximum atomic E-state index is 6.61. The van der Waals surface area contributed by atoms with Crippen LogP contribution in [0.3, 0.4) is 0 Å². The highest BCUT2D eigenvalue weighted by atomic mass is 32.5. The molecule has 0 aromatic heterocycles. The van der Waals surface area contributed by atoms with E-state index in [0.29, 0.717) is 0 Å². The van der Waals surface area contributed by atoms with Gasteiger partial charge >= 0.3 is 6.49 Å². The zero-order valence-electron chi connectivity index (χ0n) is 16.9. The van der Waals surface area contributed by atoms with Crippen LogP contribution >= 0.6 is 6.49 Å². The van der Waals surface area contributed by atoms with Crippen LogP contribution in [-0.4, -0.2) is 0 Å². The van der Waals surface area contributed by atoms with E-state index in [1.165, 1.54) is 5.56 Å². The van der Waals surface area contributed by atoms with Crippen LogP contribution in [0, 0.1) is 6.92 Å². The fraction of sp³-hybridized carbons (Fsp3) is 0.0370. The maximum absolute atomic E-state index is 6.61. The molecule has 0 saturated heterocycles. The number of hydrogen-bond donors (Lipinski definition) is 0. The summed E-state index contributed by atoms with van der Waals surface area (Å²) in [6.45, 7) is -0.751. The topological polar surface area (TPSA) is 18.5 Å². The fourth-order valence-corrected chi connectivity index (χ4v) is 6.71. The van der Waals surface area contributed by atoms with Gasteiger partial charge in [-0.15, -0.1) is 0 Å². The van der Waals surface area contributed by atoms with Crippen molar-refractivity contribution in [3.63, 3.8) is 0 Å². The highest BCUT2D eigenvalue weighted by Gasteiger charge is 2.33. The second-order valence-electron chi connectivity index (χ2n) is 7.84. The highest BCUT2D eigenvalue weighted by Crippen LogP contribution is 2.58. The van der Waals surface area contributed by atoms with Crippen molar-refractivity contribution in [1.29, 1.82) is 0 Å². The number of rotatable bonds is 1. The van der Waals surface area contributed by atoms with Gasteiger partial charge in [0.15, 0.2) is 0 Å². The third kappa shape index (κ3) is 2.96. The minimum atomic E-state index is -2.82. The van der Waals surface area contributed by atoms with Gasteiger partial charge < -0.3 is 9.05 Å². The summed E-state index contributed by atoms with van der Waals surface area (Å²) in [4.78, 5) is 0. The van der Waals surface area contributed by atoms with Gasteiger partial charge in [-0.1, -0.05) is 78.4 Å². The molecule has 0 bridgehead atoms. The van der Waals surface area contributed by atoms with Gasteiger partial charge in [-0.05, 0) is 64.5 Å². The molecule has 0 amide bonds. The van der Waals surface area contributed by atoms with Crippen molar-refractivity contribution in [1.82, 2.24) is 0 Å². The van der Waals surface area contributed by atoms with Gasteiger partial charge in [0, 0.05) is 11.1 Å². The standard InChI is InChI=1S/C27H19O2PS/c1-18-10-14-21(15-11-18)30(31)28-24-16-12-19-6-2-4-8-22(19)26(24)27-23-9-5-3-7-20(23)13-17-25(27)29-30/h2-17H,1H3. The van der Waals surface area contributed by atoms with Gasteiger partial charge in [-0.3, -0.25) is 0 Å².